The van der Waals surface area contributed by atoms with Gasteiger partial charge in [-0.25, -0.2) is 0 Å². The van der Waals surface area contributed by atoms with Crippen LogP contribution in [-0.4, -0.2) is 84.0 Å². The molecule has 0 saturated carbocycles. The number of rotatable bonds is 8. The van der Waals surface area contributed by atoms with Gasteiger partial charge in [-0.3, -0.25) is 38.1 Å². The Morgan fingerprint density at radius 1 is 0.455 bits per heavy atom. The van der Waals surface area contributed by atoms with Crippen LogP contribution in [0.15, 0.2) is 48.5 Å². The number of imide groups is 2. The molecular formula is C30H22N2O10S2. The molecule has 0 aromatic heterocycles. The van der Waals surface area contributed by atoms with Crippen molar-refractivity contribution in [3.63, 3.8) is 0 Å². The Morgan fingerprint density at radius 2 is 0.727 bits per heavy atom. The van der Waals surface area contributed by atoms with Gasteiger partial charge in [0.1, 0.15) is 0 Å². The molecule has 12 nitrogen and oxygen atoms in total. The average Bonchev–Trinajstić information content (AvgIpc) is 2.96. The Balaban J connectivity index is 1.39. The molecule has 44 heavy (non-hydrogen) atoms. The maximum absolute atomic E-state index is 13.5. The Hall–Kier alpha value is -4.50. The van der Waals surface area contributed by atoms with Crippen molar-refractivity contribution in [3.05, 3.63) is 70.8 Å². The van der Waals surface area contributed by atoms with Gasteiger partial charge in [0.05, 0.1) is 11.5 Å². The topological polar surface area (TPSA) is 184 Å². The zero-order valence-electron chi connectivity index (χ0n) is 22.7. The van der Waals surface area contributed by atoms with Gasteiger partial charge in [0, 0.05) is 46.1 Å². The monoisotopic (exact) mass is 634 g/mol. The third kappa shape index (κ3) is 4.17. The summed E-state index contributed by atoms with van der Waals surface area (Å²) in [7, 11) is -8.53. The van der Waals surface area contributed by atoms with E-state index in [-0.39, 0.29) is 48.2 Å². The number of hydrogen-bond donors (Lipinski definition) is 2. The Bertz CT molecular complexity index is 2100. The molecule has 0 spiro atoms. The summed E-state index contributed by atoms with van der Waals surface area (Å²) in [5.74, 6) is -3.51. The molecule has 0 atom stereocenters. The number of carbonyl (C=O) groups is 4. The van der Waals surface area contributed by atoms with Crippen molar-refractivity contribution in [1.29, 1.82) is 0 Å². The van der Waals surface area contributed by atoms with Gasteiger partial charge in [-0.15, -0.1) is 0 Å². The summed E-state index contributed by atoms with van der Waals surface area (Å²) in [6.07, 6.45) is -0.249. The molecule has 2 N–H and O–H groups in total. The van der Waals surface area contributed by atoms with Gasteiger partial charge in [-0.05, 0) is 69.4 Å². The summed E-state index contributed by atoms with van der Waals surface area (Å²) < 4.78 is 62.8. The van der Waals surface area contributed by atoms with Crippen LogP contribution in [-0.2, 0) is 20.2 Å². The second-order valence-corrected chi connectivity index (χ2v) is 14.1. The van der Waals surface area contributed by atoms with Gasteiger partial charge < -0.3 is 0 Å². The van der Waals surface area contributed by atoms with E-state index in [0.29, 0.717) is 43.1 Å². The maximum Gasteiger partial charge on any atom is 0.264 e. The molecule has 7 rings (SSSR count). The highest BCUT2D eigenvalue weighted by Crippen LogP contribution is 2.46. The van der Waals surface area contributed by atoms with Crippen molar-refractivity contribution in [1.82, 2.24) is 9.80 Å². The highest BCUT2D eigenvalue weighted by Gasteiger charge is 2.36. The molecule has 0 aliphatic carbocycles. The minimum absolute atomic E-state index is 0.125. The number of amides is 4. The van der Waals surface area contributed by atoms with E-state index in [0.717, 1.165) is 9.80 Å². The Morgan fingerprint density at radius 3 is 0.977 bits per heavy atom. The second kappa shape index (κ2) is 9.50. The first-order valence-electron chi connectivity index (χ1n) is 13.6. The molecule has 0 unspecified atom stereocenters. The van der Waals surface area contributed by atoms with E-state index in [4.69, 9.17) is 9.11 Å². The maximum atomic E-state index is 13.5. The van der Waals surface area contributed by atoms with E-state index in [1.54, 1.807) is 48.5 Å². The fraction of sp³-hybridized carbons (Fsp3) is 0.200. The highest BCUT2D eigenvalue weighted by molar-refractivity contribution is 7.86. The summed E-state index contributed by atoms with van der Waals surface area (Å²) in [4.78, 5) is 55.8. The molecule has 0 fully saturated rings. The lowest BCUT2D eigenvalue weighted by Crippen LogP contribution is -2.41. The van der Waals surface area contributed by atoms with Crippen LogP contribution in [0.2, 0.25) is 0 Å². The summed E-state index contributed by atoms with van der Waals surface area (Å²) in [5.41, 5.74) is 1.08. The van der Waals surface area contributed by atoms with Gasteiger partial charge in [0.15, 0.2) is 0 Å². The number of carbonyl (C=O) groups excluding carboxylic acids is 4. The van der Waals surface area contributed by atoms with Crippen molar-refractivity contribution in [3.8, 4) is 0 Å². The van der Waals surface area contributed by atoms with Gasteiger partial charge in [0.25, 0.3) is 43.9 Å². The standard InChI is InChI=1S/C30H22N2O10S2/c33-27-19-7-3-15-17-5-9-21-26-22(30(36)32(29(21)35)12-2-14-44(40,41)42)10-6-18(24(17)26)16-4-8-20(25(19)23(15)16)28(34)31(27)11-1-13-43(37,38)39/h3-10H,1-2,11-14H2,(H,37,38,39)(H,40,41,42). The number of nitrogens with zero attached hydrogens (tertiary/aromatic N) is 2. The van der Waals surface area contributed by atoms with Crippen molar-refractivity contribution in [2.24, 2.45) is 0 Å². The van der Waals surface area contributed by atoms with E-state index in [1.807, 2.05) is 0 Å². The third-order valence-corrected chi connectivity index (χ3v) is 9.98. The summed E-state index contributed by atoms with van der Waals surface area (Å²) in [6, 6.07) is 13.4. The first-order valence-corrected chi connectivity index (χ1v) is 16.8. The lowest BCUT2D eigenvalue weighted by atomic mass is 9.82. The normalized spacial score (nSPS) is 15.6. The van der Waals surface area contributed by atoms with Gasteiger partial charge in [0.2, 0.25) is 0 Å². The minimum atomic E-state index is -4.26. The highest BCUT2D eigenvalue weighted by atomic mass is 32.2. The molecule has 4 amide bonds. The largest absolute Gasteiger partial charge is 0.286 e. The molecule has 0 radical (unpaired) electrons. The lowest BCUT2D eigenvalue weighted by Gasteiger charge is -2.30. The lowest BCUT2D eigenvalue weighted by molar-refractivity contribution is 0.0595. The summed E-state index contributed by atoms with van der Waals surface area (Å²) >= 11 is 0. The van der Waals surface area contributed by atoms with Crippen LogP contribution in [0.5, 0.6) is 0 Å². The average molecular weight is 635 g/mol. The SMILES string of the molecule is O=C1c2ccc3c4ccc5c6c(ccc(c7ccc(c2c37)C(=O)N1CCCS(=O)(=O)O)c64)C(=O)N(CCCS(=O)(=O)O)C5=O. The molecule has 2 aliphatic rings. The molecule has 2 heterocycles. The van der Waals surface area contributed by atoms with E-state index in [2.05, 4.69) is 0 Å². The Labute approximate surface area is 249 Å². The molecular weight excluding hydrogens is 612 g/mol. The Kier molecular flexibility index (Phi) is 6.10. The van der Waals surface area contributed by atoms with Crippen molar-refractivity contribution in [2.75, 3.05) is 24.6 Å². The fourth-order valence-electron chi connectivity index (χ4n) is 6.58. The van der Waals surface area contributed by atoms with Gasteiger partial charge in [-0.2, -0.15) is 16.8 Å². The third-order valence-electron chi connectivity index (χ3n) is 8.37. The van der Waals surface area contributed by atoms with Crippen LogP contribution in [0.1, 0.15) is 54.3 Å². The number of fused-ring (bicyclic) bond motifs is 2. The van der Waals surface area contributed by atoms with Crippen molar-refractivity contribution in [2.45, 2.75) is 12.8 Å². The quantitative estimate of drug-likeness (QED) is 0.111. The molecule has 0 saturated heterocycles. The van der Waals surface area contributed by atoms with E-state index in [1.165, 1.54) is 0 Å². The van der Waals surface area contributed by atoms with Crippen molar-refractivity contribution >= 4 is 87.0 Å². The van der Waals surface area contributed by atoms with Crippen molar-refractivity contribution < 1.29 is 45.1 Å². The molecule has 2 aliphatic heterocycles. The van der Waals surface area contributed by atoms with E-state index < -0.39 is 55.4 Å². The minimum Gasteiger partial charge on any atom is -0.286 e. The fourth-order valence-corrected chi connectivity index (χ4v) is 7.57. The molecule has 0 bridgehead atoms. The van der Waals surface area contributed by atoms with Gasteiger partial charge in [-0.1, -0.05) is 24.3 Å². The second-order valence-electron chi connectivity index (χ2n) is 10.9. The molecule has 14 heteroatoms. The van der Waals surface area contributed by atoms with Gasteiger partial charge >= 0.3 is 0 Å². The smallest absolute Gasteiger partial charge is 0.264 e. The summed E-state index contributed by atoms with van der Waals surface area (Å²) in [5, 5.41) is 5.04. The number of benzene rings is 5. The van der Waals surface area contributed by atoms with E-state index in [9.17, 15) is 36.0 Å². The predicted octanol–water partition coefficient (Wildman–Crippen LogP) is 3.49. The van der Waals surface area contributed by atoms with Crippen LogP contribution < -0.4 is 0 Å². The zero-order chi connectivity index (χ0) is 31.3. The first-order chi connectivity index (χ1) is 20.8. The van der Waals surface area contributed by atoms with Crippen LogP contribution in [0.4, 0.5) is 0 Å². The molecule has 224 valence electrons. The summed E-state index contributed by atoms with van der Waals surface area (Å²) in [6.45, 7) is -0.380. The van der Waals surface area contributed by atoms with Crippen LogP contribution in [0.3, 0.4) is 0 Å². The first kappa shape index (κ1) is 28.3. The van der Waals surface area contributed by atoms with Crippen LogP contribution in [0, 0.1) is 0 Å². The van der Waals surface area contributed by atoms with E-state index >= 15 is 0 Å². The molecule has 5 aromatic rings. The molecule has 5 aromatic carbocycles. The zero-order valence-corrected chi connectivity index (χ0v) is 24.4. The van der Waals surface area contributed by atoms with Crippen LogP contribution in [0.25, 0.3) is 43.1 Å². The number of hydrogen-bond acceptors (Lipinski definition) is 8. The van der Waals surface area contributed by atoms with Crippen LogP contribution >= 0.6 is 0 Å². The predicted molar refractivity (Wildman–Crippen MR) is 160 cm³/mol.